The third-order valence-electron chi connectivity index (χ3n) is 5.34. The topological polar surface area (TPSA) is 166 Å². The van der Waals surface area contributed by atoms with Gasteiger partial charge in [-0.3, -0.25) is 0 Å². The van der Waals surface area contributed by atoms with E-state index in [1.54, 1.807) is 60.7 Å². The van der Waals surface area contributed by atoms with Gasteiger partial charge in [0.2, 0.25) is 0 Å². The minimum atomic E-state index is -1.12. The zero-order chi connectivity index (χ0) is 30.6. The summed E-state index contributed by atoms with van der Waals surface area (Å²) in [6.45, 7) is 0. The molecule has 0 spiro atoms. The van der Waals surface area contributed by atoms with E-state index in [2.05, 4.69) is 21.3 Å². The molecule has 0 saturated heterocycles. The van der Waals surface area contributed by atoms with Crippen LogP contribution in [-0.2, 0) is 0 Å². The molecule has 0 heterocycles. The Bertz CT molecular complexity index is 1610. The molecule has 0 fully saturated rings. The van der Waals surface area contributed by atoms with Crippen LogP contribution in [0.4, 0.5) is 32.3 Å². The second-order valence-corrected chi connectivity index (χ2v) is 9.00. The molecule has 4 aromatic carbocycles. The number of nitrogens with one attached hydrogen (secondary N) is 4. The molecule has 0 atom stereocenters. The molecule has 4 amide bonds. The van der Waals surface area contributed by atoms with Crippen LogP contribution in [-0.4, -0.2) is 41.3 Å². The van der Waals surface area contributed by atoms with Crippen LogP contribution in [0.25, 0.3) is 0 Å². The maximum absolute atomic E-state index is 12.0. The number of carbonyl (C=O) groups excluding carboxylic acids is 2. The number of hydrogen-bond acceptors (Lipinski definition) is 5. The number of benzene rings is 4. The standard InChI is InChI=1S/C15H14N2O4.C14H10Cl2N2O3/c1-21-13-9-5-4-8-12(13)17-15(20)16-11-7-3-2-6-10(11)14(18)19;15-10-6-5-8(7-11(10)16)17-14(21)18-12-4-2-1-3-9(12)13(19)20/h2-9H,1H3,(H,18,19)(H2,16,17,20);1-7H,(H,19,20)(H2,17,18,21). The quantitative estimate of drug-likeness (QED) is 0.127. The van der Waals surface area contributed by atoms with Crippen molar-refractivity contribution in [2.45, 2.75) is 0 Å². The SMILES string of the molecule is COc1ccccc1NC(=O)Nc1ccccc1C(=O)O.O=C(Nc1ccc(Cl)c(Cl)c1)Nc1ccccc1C(=O)O. The van der Waals surface area contributed by atoms with E-state index >= 15 is 0 Å². The molecule has 0 aliphatic heterocycles. The highest BCUT2D eigenvalue weighted by Crippen LogP contribution is 2.26. The Hall–Kier alpha value is -5.26. The number of ether oxygens (including phenoxy) is 1. The highest BCUT2D eigenvalue weighted by atomic mass is 35.5. The van der Waals surface area contributed by atoms with Crippen molar-refractivity contribution in [2.24, 2.45) is 0 Å². The summed E-state index contributed by atoms with van der Waals surface area (Å²) in [5.41, 5.74) is 1.37. The van der Waals surface area contributed by atoms with Crippen molar-refractivity contribution < 1.29 is 34.1 Å². The molecular formula is C29H24Cl2N4O7. The van der Waals surface area contributed by atoms with Crippen LogP contribution < -0.4 is 26.0 Å². The highest BCUT2D eigenvalue weighted by molar-refractivity contribution is 6.42. The van der Waals surface area contributed by atoms with E-state index in [4.69, 9.17) is 38.2 Å². The summed E-state index contributed by atoms with van der Waals surface area (Å²) >= 11 is 11.6. The molecule has 0 bridgehead atoms. The number of rotatable bonds is 7. The van der Waals surface area contributed by atoms with Crippen molar-refractivity contribution >= 4 is 70.0 Å². The van der Waals surface area contributed by atoms with Gasteiger partial charge in [0.05, 0.1) is 45.3 Å². The number of carbonyl (C=O) groups is 4. The second-order valence-electron chi connectivity index (χ2n) is 8.19. The minimum absolute atomic E-state index is 0.00166. The van der Waals surface area contributed by atoms with Crippen molar-refractivity contribution in [1.29, 1.82) is 0 Å². The fraction of sp³-hybridized carbons (Fsp3) is 0.0345. The number of methoxy groups -OCH3 is 1. The van der Waals surface area contributed by atoms with E-state index in [9.17, 15) is 19.2 Å². The molecule has 0 radical (unpaired) electrons. The number of urea groups is 2. The summed E-state index contributed by atoms with van der Waals surface area (Å²) in [6, 6.07) is 22.7. The molecule has 6 N–H and O–H groups in total. The Morgan fingerprint density at radius 1 is 0.595 bits per heavy atom. The number of hydrogen-bond donors (Lipinski definition) is 6. The van der Waals surface area contributed by atoms with Crippen LogP contribution in [0.15, 0.2) is 91.0 Å². The average Bonchev–Trinajstić information content (AvgIpc) is 2.96. The zero-order valence-corrected chi connectivity index (χ0v) is 23.4. The number of amides is 4. The summed E-state index contributed by atoms with van der Waals surface area (Å²) in [5, 5.41) is 28.9. The van der Waals surface area contributed by atoms with Gasteiger partial charge in [-0.05, 0) is 54.6 Å². The highest BCUT2D eigenvalue weighted by Gasteiger charge is 2.13. The molecule has 216 valence electrons. The van der Waals surface area contributed by atoms with Crippen LogP contribution in [0.5, 0.6) is 5.75 Å². The average molecular weight is 611 g/mol. The van der Waals surface area contributed by atoms with Crippen LogP contribution in [0, 0.1) is 0 Å². The summed E-state index contributed by atoms with van der Waals surface area (Å²) in [5.74, 6) is -1.72. The molecule has 0 aliphatic carbocycles. The molecule has 0 saturated carbocycles. The van der Waals surface area contributed by atoms with Crippen molar-refractivity contribution in [3.05, 3.63) is 112 Å². The minimum Gasteiger partial charge on any atom is -0.495 e. The van der Waals surface area contributed by atoms with Gasteiger partial charge < -0.3 is 36.2 Å². The summed E-state index contributed by atoms with van der Waals surface area (Å²) < 4.78 is 5.12. The fourth-order valence-electron chi connectivity index (χ4n) is 3.44. The van der Waals surface area contributed by atoms with Gasteiger partial charge in [-0.2, -0.15) is 0 Å². The molecular weight excluding hydrogens is 587 g/mol. The number of halogens is 2. The molecule has 0 unspecified atom stereocenters. The van der Waals surface area contributed by atoms with Crippen LogP contribution in [0.1, 0.15) is 20.7 Å². The first kappa shape index (κ1) is 31.3. The van der Waals surface area contributed by atoms with Gasteiger partial charge in [0, 0.05) is 5.69 Å². The van der Waals surface area contributed by atoms with Gasteiger partial charge in [0.15, 0.2) is 0 Å². The van der Waals surface area contributed by atoms with Gasteiger partial charge in [-0.25, -0.2) is 19.2 Å². The first-order chi connectivity index (χ1) is 20.1. The molecule has 42 heavy (non-hydrogen) atoms. The number of aromatic carboxylic acids is 2. The smallest absolute Gasteiger partial charge is 0.337 e. The third kappa shape index (κ3) is 8.88. The normalized spacial score (nSPS) is 9.88. The monoisotopic (exact) mass is 610 g/mol. The first-order valence-corrected chi connectivity index (χ1v) is 12.7. The van der Waals surface area contributed by atoms with Gasteiger partial charge >= 0.3 is 24.0 Å². The van der Waals surface area contributed by atoms with Crippen LogP contribution >= 0.6 is 23.2 Å². The van der Waals surface area contributed by atoms with E-state index in [1.165, 1.54) is 37.4 Å². The van der Waals surface area contributed by atoms with E-state index in [-0.39, 0.29) is 22.5 Å². The maximum Gasteiger partial charge on any atom is 0.337 e. The Balaban J connectivity index is 0.000000230. The molecule has 0 aromatic heterocycles. The van der Waals surface area contributed by atoms with Gasteiger partial charge in [-0.1, -0.05) is 59.6 Å². The zero-order valence-electron chi connectivity index (χ0n) is 21.9. The van der Waals surface area contributed by atoms with Crippen LogP contribution in [0.3, 0.4) is 0 Å². The number of anilines is 4. The fourth-order valence-corrected chi connectivity index (χ4v) is 3.74. The van der Waals surface area contributed by atoms with Crippen molar-refractivity contribution in [3.63, 3.8) is 0 Å². The number of para-hydroxylation sites is 4. The summed E-state index contributed by atoms with van der Waals surface area (Å²) in [6.07, 6.45) is 0. The van der Waals surface area contributed by atoms with Gasteiger partial charge in [-0.15, -0.1) is 0 Å². The Kier molecular flexibility index (Phi) is 11.1. The van der Waals surface area contributed by atoms with E-state index in [1.807, 2.05) is 0 Å². The first-order valence-electron chi connectivity index (χ1n) is 12.0. The largest absolute Gasteiger partial charge is 0.495 e. The maximum atomic E-state index is 12.0. The lowest BCUT2D eigenvalue weighted by atomic mass is 10.2. The third-order valence-corrected chi connectivity index (χ3v) is 6.08. The molecule has 13 heteroatoms. The van der Waals surface area contributed by atoms with Gasteiger partial charge in [0.25, 0.3) is 0 Å². The molecule has 4 aromatic rings. The molecule has 0 aliphatic rings. The number of carboxylic acid groups (broad SMARTS) is 2. The van der Waals surface area contributed by atoms with Gasteiger partial charge in [0.1, 0.15) is 5.75 Å². The Morgan fingerprint density at radius 3 is 1.55 bits per heavy atom. The Labute approximate surface area is 250 Å². The summed E-state index contributed by atoms with van der Waals surface area (Å²) in [4.78, 5) is 45.9. The molecule has 4 rings (SSSR count). The predicted molar refractivity (Wildman–Crippen MR) is 162 cm³/mol. The molecule has 11 nitrogen and oxygen atoms in total. The van der Waals surface area contributed by atoms with E-state index < -0.39 is 24.0 Å². The van der Waals surface area contributed by atoms with Crippen molar-refractivity contribution in [3.8, 4) is 5.75 Å². The van der Waals surface area contributed by atoms with Crippen molar-refractivity contribution in [2.75, 3.05) is 28.4 Å². The lowest BCUT2D eigenvalue weighted by molar-refractivity contribution is 0.0687. The number of carboxylic acids is 2. The lowest BCUT2D eigenvalue weighted by Crippen LogP contribution is -2.21. The van der Waals surface area contributed by atoms with E-state index in [0.717, 1.165) is 0 Å². The summed E-state index contributed by atoms with van der Waals surface area (Å²) in [7, 11) is 1.50. The second kappa shape index (κ2) is 14.9. The lowest BCUT2D eigenvalue weighted by Gasteiger charge is -2.12. The van der Waals surface area contributed by atoms with Crippen LogP contribution in [0.2, 0.25) is 10.0 Å². The van der Waals surface area contributed by atoms with E-state index in [0.29, 0.717) is 27.2 Å². The Morgan fingerprint density at radius 2 is 1.05 bits per heavy atom. The predicted octanol–water partition coefficient (Wildman–Crippen LogP) is 7.37. The van der Waals surface area contributed by atoms with Crippen molar-refractivity contribution in [1.82, 2.24) is 0 Å².